The Morgan fingerprint density at radius 2 is 1.67 bits per heavy atom. The van der Waals surface area contributed by atoms with Gasteiger partial charge in [-0.25, -0.2) is 4.79 Å². The van der Waals surface area contributed by atoms with Crippen molar-refractivity contribution in [2.45, 2.75) is 45.8 Å². The fourth-order valence-electron chi connectivity index (χ4n) is 2.73. The van der Waals surface area contributed by atoms with Crippen LogP contribution in [-0.2, 0) is 20.7 Å². The number of benzene rings is 2. The van der Waals surface area contributed by atoms with Crippen molar-refractivity contribution >= 4 is 29.6 Å². The maximum atomic E-state index is 12.8. The standard InChI is InChI=1S/C23H26N2O7.Na/c1-14(26)31-19-13-16(24-22(30)32-23(2,3)4)10-11-17(19)20(27)25-18(21(28)29)12-15-8-6-5-7-9-15;/h5-11,13,18H,12H2,1-4H3,(H,24,30)(H,25,27)(H,28,29);/q;+1/p-1/t18-;/m1./s1. The number of aliphatic carboxylic acids is 1. The molecule has 0 aliphatic rings. The van der Waals surface area contributed by atoms with E-state index in [0.717, 1.165) is 6.92 Å². The number of amides is 2. The number of nitrogens with one attached hydrogen (secondary N) is 2. The zero-order valence-electron chi connectivity index (χ0n) is 19.3. The van der Waals surface area contributed by atoms with Gasteiger partial charge in [0.25, 0.3) is 5.91 Å². The van der Waals surface area contributed by atoms with E-state index in [-0.39, 0.29) is 53.0 Å². The number of ether oxygens (including phenoxy) is 2. The summed E-state index contributed by atoms with van der Waals surface area (Å²) in [4.78, 5) is 47.8. The molecular weight excluding hydrogens is 439 g/mol. The monoisotopic (exact) mass is 464 g/mol. The topological polar surface area (TPSA) is 134 Å². The fourth-order valence-corrected chi connectivity index (χ4v) is 2.73. The van der Waals surface area contributed by atoms with Crippen molar-refractivity contribution in [2.24, 2.45) is 0 Å². The van der Waals surface area contributed by atoms with Crippen molar-refractivity contribution in [2.75, 3.05) is 5.32 Å². The quantitative estimate of drug-likeness (QED) is 0.307. The Morgan fingerprint density at radius 3 is 2.21 bits per heavy atom. The molecule has 9 nitrogen and oxygen atoms in total. The molecule has 0 fully saturated rings. The zero-order valence-corrected chi connectivity index (χ0v) is 21.3. The third-order valence-electron chi connectivity index (χ3n) is 4.00. The van der Waals surface area contributed by atoms with E-state index in [2.05, 4.69) is 10.6 Å². The van der Waals surface area contributed by atoms with E-state index in [0.29, 0.717) is 5.56 Å². The van der Waals surface area contributed by atoms with Crippen LogP contribution in [0.4, 0.5) is 10.5 Å². The van der Waals surface area contributed by atoms with Gasteiger partial charge in [0.15, 0.2) is 0 Å². The molecule has 1 atom stereocenters. The number of carbonyl (C=O) groups excluding carboxylic acids is 4. The first-order chi connectivity index (χ1) is 14.9. The summed E-state index contributed by atoms with van der Waals surface area (Å²) >= 11 is 0. The molecule has 33 heavy (non-hydrogen) atoms. The van der Waals surface area contributed by atoms with Crippen LogP contribution in [0.15, 0.2) is 48.5 Å². The summed E-state index contributed by atoms with van der Waals surface area (Å²) in [6, 6.07) is 11.4. The van der Waals surface area contributed by atoms with Gasteiger partial charge in [0.2, 0.25) is 0 Å². The van der Waals surface area contributed by atoms with Crippen LogP contribution in [0, 0.1) is 0 Å². The Morgan fingerprint density at radius 1 is 1.03 bits per heavy atom. The Balaban J connectivity index is 0.00000544. The van der Waals surface area contributed by atoms with Gasteiger partial charge in [-0.2, -0.15) is 0 Å². The van der Waals surface area contributed by atoms with Gasteiger partial charge in [-0.05, 0) is 44.9 Å². The molecule has 0 saturated carbocycles. The third kappa shape index (κ3) is 9.65. The molecule has 0 radical (unpaired) electrons. The number of carboxylic acid groups (broad SMARTS) is 1. The van der Waals surface area contributed by atoms with Crippen molar-refractivity contribution < 1.29 is 63.3 Å². The summed E-state index contributed by atoms with van der Waals surface area (Å²) in [5, 5.41) is 16.4. The van der Waals surface area contributed by atoms with Gasteiger partial charge in [0.1, 0.15) is 11.4 Å². The molecule has 2 rings (SSSR count). The number of hydrogen-bond donors (Lipinski definition) is 2. The van der Waals surface area contributed by atoms with Gasteiger partial charge in [-0.15, -0.1) is 0 Å². The Labute approximate surface area is 214 Å². The minimum Gasteiger partial charge on any atom is -0.548 e. The molecule has 0 aliphatic carbocycles. The molecule has 2 aromatic carbocycles. The number of hydrogen-bond acceptors (Lipinski definition) is 7. The first kappa shape index (κ1) is 28.2. The minimum atomic E-state index is -1.46. The van der Waals surface area contributed by atoms with Crippen molar-refractivity contribution in [1.82, 2.24) is 5.32 Å². The zero-order chi connectivity index (χ0) is 23.9. The number of carbonyl (C=O) groups is 4. The number of carboxylic acids is 1. The van der Waals surface area contributed by atoms with Gasteiger partial charge < -0.3 is 24.7 Å². The molecule has 0 aliphatic heterocycles. The average molecular weight is 464 g/mol. The molecule has 10 heteroatoms. The average Bonchev–Trinajstić information content (AvgIpc) is 2.66. The first-order valence-electron chi connectivity index (χ1n) is 9.82. The summed E-state index contributed by atoms with van der Waals surface area (Å²) in [6.07, 6.45) is -0.723. The molecule has 2 amide bonds. The summed E-state index contributed by atoms with van der Waals surface area (Å²) in [7, 11) is 0. The van der Waals surface area contributed by atoms with Crippen LogP contribution in [0.3, 0.4) is 0 Å². The van der Waals surface area contributed by atoms with E-state index in [1.807, 2.05) is 0 Å². The maximum absolute atomic E-state index is 12.8. The molecule has 0 bridgehead atoms. The van der Waals surface area contributed by atoms with E-state index in [1.165, 1.54) is 18.2 Å². The molecule has 0 unspecified atom stereocenters. The van der Waals surface area contributed by atoms with Gasteiger partial charge in [0, 0.05) is 18.7 Å². The smallest absolute Gasteiger partial charge is 0.548 e. The normalized spacial score (nSPS) is 11.4. The molecular formula is C23H25N2NaO7. The summed E-state index contributed by atoms with van der Waals surface area (Å²) in [5.74, 6) is -3.09. The van der Waals surface area contributed by atoms with Crippen LogP contribution in [-0.4, -0.2) is 35.6 Å². The SMILES string of the molecule is CC(=O)Oc1cc(NC(=O)OC(C)(C)C)ccc1C(=O)N[C@H](Cc1ccccc1)C(=O)[O-].[Na+]. The Kier molecular flexibility index (Phi) is 10.6. The van der Waals surface area contributed by atoms with Crippen LogP contribution in [0.2, 0.25) is 0 Å². The van der Waals surface area contributed by atoms with Crippen molar-refractivity contribution in [3.8, 4) is 5.75 Å². The van der Waals surface area contributed by atoms with Crippen molar-refractivity contribution in [3.63, 3.8) is 0 Å². The second-order valence-corrected chi connectivity index (χ2v) is 7.97. The first-order valence-corrected chi connectivity index (χ1v) is 9.82. The van der Waals surface area contributed by atoms with E-state index in [9.17, 15) is 24.3 Å². The van der Waals surface area contributed by atoms with Gasteiger partial charge in [-0.1, -0.05) is 30.3 Å². The van der Waals surface area contributed by atoms with Crippen molar-refractivity contribution in [1.29, 1.82) is 0 Å². The summed E-state index contributed by atoms with van der Waals surface area (Å²) in [5.41, 5.74) is 0.0995. The summed E-state index contributed by atoms with van der Waals surface area (Å²) in [6.45, 7) is 6.25. The molecule has 0 aromatic heterocycles. The fraction of sp³-hybridized carbons (Fsp3) is 0.304. The molecule has 0 saturated heterocycles. The van der Waals surface area contributed by atoms with Gasteiger partial charge >= 0.3 is 41.6 Å². The maximum Gasteiger partial charge on any atom is 1.00 e. The van der Waals surface area contributed by atoms with Crippen LogP contribution >= 0.6 is 0 Å². The van der Waals surface area contributed by atoms with E-state index >= 15 is 0 Å². The molecule has 170 valence electrons. The number of esters is 1. The summed E-state index contributed by atoms with van der Waals surface area (Å²) < 4.78 is 10.3. The molecule has 0 spiro atoms. The van der Waals surface area contributed by atoms with Crippen LogP contribution in [0.1, 0.15) is 43.6 Å². The predicted octanol–water partition coefficient (Wildman–Crippen LogP) is -0.946. The minimum absolute atomic E-state index is 0. The van der Waals surface area contributed by atoms with Crippen LogP contribution in [0.25, 0.3) is 0 Å². The van der Waals surface area contributed by atoms with Crippen LogP contribution < -0.4 is 50.0 Å². The predicted molar refractivity (Wildman–Crippen MR) is 114 cm³/mol. The molecule has 0 heterocycles. The van der Waals surface area contributed by atoms with E-state index in [1.54, 1.807) is 51.1 Å². The third-order valence-corrected chi connectivity index (χ3v) is 4.00. The molecule has 2 aromatic rings. The van der Waals surface area contributed by atoms with E-state index < -0.39 is 35.6 Å². The largest absolute Gasteiger partial charge is 1.00 e. The van der Waals surface area contributed by atoms with E-state index in [4.69, 9.17) is 9.47 Å². The second kappa shape index (κ2) is 12.4. The van der Waals surface area contributed by atoms with Crippen molar-refractivity contribution in [3.05, 3.63) is 59.7 Å². The van der Waals surface area contributed by atoms with Gasteiger partial charge in [0.05, 0.1) is 17.6 Å². The molecule has 2 N–H and O–H groups in total. The van der Waals surface area contributed by atoms with Gasteiger partial charge in [-0.3, -0.25) is 14.9 Å². The Bertz CT molecular complexity index is 1000. The number of anilines is 1. The van der Waals surface area contributed by atoms with Crippen LogP contribution in [0.5, 0.6) is 5.75 Å². The number of rotatable bonds is 7. The Hall–Kier alpha value is -2.88. The second-order valence-electron chi connectivity index (χ2n) is 7.97.